The van der Waals surface area contributed by atoms with E-state index in [2.05, 4.69) is 143 Å². The zero-order chi connectivity index (χ0) is 36.6. The second-order valence-electron chi connectivity index (χ2n) is 15.3. The van der Waals surface area contributed by atoms with Gasteiger partial charge in [-0.2, -0.15) is 0 Å². The van der Waals surface area contributed by atoms with Gasteiger partial charge in [0.2, 0.25) is 0 Å². The highest BCUT2D eigenvalue weighted by molar-refractivity contribution is 7.19. The number of unbranched alkanes of at least 4 members (excludes halogenated alkanes) is 1. The van der Waals surface area contributed by atoms with Gasteiger partial charge in [-0.15, -0.1) is 11.3 Å². The van der Waals surface area contributed by atoms with Crippen LogP contribution >= 0.6 is 11.3 Å². The van der Waals surface area contributed by atoms with Crippen LogP contribution in [-0.4, -0.2) is 38.4 Å². The number of benzene rings is 3. The summed E-state index contributed by atoms with van der Waals surface area (Å²) in [4.78, 5) is 12.2. The lowest BCUT2D eigenvalue weighted by Gasteiger charge is -2.44. The largest absolute Gasteiger partial charge is 0.481 e. The fourth-order valence-corrected chi connectivity index (χ4v) is 13.8. The molecular formula is C45H54O5SSi. The van der Waals surface area contributed by atoms with Crippen molar-refractivity contribution in [3.8, 4) is 0 Å². The summed E-state index contributed by atoms with van der Waals surface area (Å²) in [6.07, 6.45) is 14.8. The Labute approximate surface area is 315 Å². The van der Waals surface area contributed by atoms with Gasteiger partial charge in [-0.3, -0.25) is 4.79 Å². The molecular weight excluding hydrogens is 681 g/mol. The van der Waals surface area contributed by atoms with E-state index in [-0.39, 0.29) is 41.8 Å². The molecule has 1 aromatic heterocycles. The van der Waals surface area contributed by atoms with E-state index < -0.39 is 14.3 Å². The molecule has 4 aromatic rings. The number of fused-ring (bicyclic) bond motifs is 1. The lowest BCUT2D eigenvalue weighted by Crippen LogP contribution is -2.66. The second kappa shape index (κ2) is 17.5. The fraction of sp³-hybridized carbons (Fsp3) is 0.400. The van der Waals surface area contributed by atoms with Gasteiger partial charge in [0, 0.05) is 28.5 Å². The lowest BCUT2D eigenvalue weighted by atomic mass is 9.89. The Kier molecular flexibility index (Phi) is 12.8. The highest BCUT2D eigenvalue weighted by atomic mass is 32.1. The monoisotopic (exact) mass is 734 g/mol. The van der Waals surface area contributed by atoms with Crippen molar-refractivity contribution in [1.29, 1.82) is 0 Å². The number of allylic oxidation sites excluding steroid dienone is 3. The minimum absolute atomic E-state index is 0.00529. The number of ether oxygens (including phenoxy) is 2. The highest BCUT2D eigenvalue weighted by Gasteiger charge is 2.51. The van der Waals surface area contributed by atoms with Crippen molar-refractivity contribution >= 4 is 46.1 Å². The van der Waals surface area contributed by atoms with Crippen LogP contribution in [0.15, 0.2) is 127 Å². The van der Waals surface area contributed by atoms with E-state index in [1.54, 1.807) is 0 Å². The van der Waals surface area contributed by atoms with Gasteiger partial charge in [-0.25, -0.2) is 0 Å². The predicted octanol–water partition coefficient (Wildman–Crippen LogP) is 10.4. The van der Waals surface area contributed by atoms with E-state index in [1.807, 2.05) is 11.3 Å². The SMILES string of the molecule is C=C1C[C@H](OC2CCCCO2)[C@H](CC=CCCCC(=O)O)[C@H]1C=C[C@@H](O[Si](c1ccccc1)(c1ccccc1)C(C)(C)C)c1cc2ccccc2s1. The molecule has 1 aliphatic carbocycles. The van der Waals surface area contributed by atoms with Gasteiger partial charge in [-0.1, -0.05) is 136 Å². The van der Waals surface area contributed by atoms with E-state index >= 15 is 0 Å². The molecule has 5 nitrogen and oxygen atoms in total. The number of carboxylic acid groups (broad SMARTS) is 1. The van der Waals surface area contributed by atoms with Crippen molar-refractivity contribution in [3.05, 3.63) is 132 Å². The minimum atomic E-state index is -2.90. The maximum absolute atomic E-state index is 11.1. The Morgan fingerprint density at radius 2 is 1.69 bits per heavy atom. The Morgan fingerprint density at radius 3 is 2.33 bits per heavy atom. The maximum atomic E-state index is 11.1. The van der Waals surface area contributed by atoms with Crippen molar-refractivity contribution in [1.82, 2.24) is 0 Å². The number of thiophene rings is 1. The first-order valence-electron chi connectivity index (χ1n) is 18.9. The summed E-state index contributed by atoms with van der Waals surface area (Å²) in [6, 6.07) is 32.6. The molecule has 5 atom stereocenters. The summed E-state index contributed by atoms with van der Waals surface area (Å²) < 4.78 is 21.8. The van der Waals surface area contributed by atoms with Crippen LogP contribution in [0.1, 0.15) is 83.1 Å². The van der Waals surface area contributed by atoms with Crippen molar-refractivity contribution < 1.29 is 23.8 Å². The Morgan fingerprint density at radius 1 is 1.00 bits per heavy atom. The Balaban J connectivity index is 1.38. The van der Waals surface area contributed by atoms with Gasteiger partial charge >= 0.3 is 5.97 Å². The van der Waals surface area contributed by atoms with E-state index in [0.29, 0.717) is 6.42 Å². The Hall–Kier alpha value is -3.59. The first kappa shape index (κ1) is 38.1. The molecule has 274 valence electrons. The van der Waals surface area contributed by atoms with E-state index in [4.69, 9.17) is 19.0 Å². The molecule has 0 bridgehead atoms. The maximum Gasteiger partial charge on any atom is 0.303 e. The molecule has 1 saturated carbocycles. The first-order chi connectivity index (χ1) is 25.2. The number of rotatable bonds is 15. The molecule has 2 aliphatic rings. The van der Waals surface area contributed by atoms with Crippen LogP contribution in [0.2, 0.25) is 5.04 Å². The molecule has 7 heteroatoms. The number of hydrogen-bond acceptors (Lipinski definition) is 5. The summed E-state index contributed by atoms with van der Waals surface area (Å²) >= 11 is 1.81. The topological polar surface area (TPSA) is 65.0 Å². The zero-order valence-electron chi connectivity index (χ0n) is 30.9. The summed E-state index contributed by atoms with van der Waals surface area (Å²) in [5, 5.41) is 12.6. The van der Waals surface area contributed by atoms with Gasteiger partial charge in [0.25, 0.3) is 8.32 Å². The van der Waals surface area contributed by atoms with Crippen LogP contribution in [0.5, 0.6) is 0 Å². The average Bonchev–Trinajstić information content (AvgIpc) is 3.70. The van der Waals surface area contributed by atoms with Crippen LogP contribution in [-0.2, 0) is 18.7 Å². The van der Waals surface area contributed by atoms with Gasteiger partial charge in [0.05, 0.1) is 12.2 Å². The summed E-state index contributed by atoms with van der Waals surface area (Å²) in [6.45, 7) is 12.3. The zero-order valence-corrected chi connectivity index (χ0v) is 32.7. The van der Waals surface area contributed by atoms with E-state index in [1.165, 1.54) is 30.9 Å². The van der Waals surface area contributed by atoms with Gasteiger partial charge in [0.1, 0.15) is 0 Å². The van der Waals surface area contributed by atoms with Crippen LogP contribution in [0.3, 0.4) is 0 Å². The standard InChI is InChI=1S/C45H54O5SSi/c1-33-31-40(49-44-27-17-18-30-48-44)38(24-13-5-6-14-26-43(46)47)37(33)28-29-39(42-32-34-19-15-16-25-41(34)51-42)50-52(45(2,3)4,35-20-9-7-10-21-35)36-22-11-8-12-23-36/h5,7-13,15-16,19-23,25,28-29,32,37-40,44H,1,6,14,17-18,24,26-27,30-31H2,2-4H3,(H,46,47)/t37-,38+,39+,40-,44?/m0/s1. The lowest BCUT2D eigenvalue weighted by molar-refractivity contribution is -0.194. The minimum Gasteiger partial charge on any atom is -0.481 e. The third-order valence-corrected chi connectivity index (χ3v) is 16.8. The van der Waals surface area contributed by atoms with Crippen LogP contribution in [0.4, 0.5) is 0 Å². The molecule has 6 rings (SSSR count). The Bertz CT molecular complexity index is 1750. The molecule has 2 fully saturated rings. The number of carboxylic acids is 1. The third-order valence-electron chi connectivity index (χ3n) is 10.6. The molecule has 2 heterocycles. The first-order valence-corrected chi connectivity index (χ1v) is 21.7. The molecule has 52 heavy (non-hydrogen) atoms. The van der Waals surface area contributed by atoms with E-state index in [9.17, 15) is 4.79 Å². The number of aliphatic carboxylic acids is 1. The van der Waals surface area contributed by atoms with Crippen LogP contribution in [0.25, 0.3) is 10.1 Å². The second-order valence-corrected chi connectivity index (χ2v) is 20.7. The molecule has 1 N–H and O–H groups in total. The third kappa shape index (κ3) is 8.95. The number of carbonyl (C=O) groups is 1. The van der Waals surface area contributed by atoms with E-state index in [0.717, 1.165) is 45.1 Å². The number of hydrogen-bond donors (Lipinski definition) is 1. The highest BCUT2D eigenvalue weighted by Crippen LogP contribution is 2.45. The van der Waals surface area contributed by atoms with Gasteiger partial charge in [0.15, 0.2) is 6.29 Å². The summed E-state index contributed by atoms with van der Waals surface area (Å²) in [5.41, 5.74) is 1.17. The average molecular weight is 735 g/mol. The molecule has 1 saturated heterocycles. The smallest absolute Gasteiger partial charge is 0.303 e. The molecule has 0 radical (unpaired) electrons. The van der Waals surface area contributed by atoms with Crippen molar-refractivity contribution in [3.63, 3.8) is 0 Å². The van der Waals surface area contributed by atoms with Crippen molar-refractivity contribution in [2.24, 2.45) is 11.8 Å². The predicted molar refractivity (Wildman–Crippen MR) is 217 cm³/mol. The quantitative estimate of drug-likeness (QED) is 0.0748. The normalized spacial score (nSPS) is 22.1. The van der Waals surface area contributed by atoms with Crippen LogP contribution < -0.4 is 10.4 Å². The van der Waals surface area contributed by atoms with Gasteiger partial charge in [-0.05, 0) is 83.8 Å². The van der Waals surface area contributed by atoms with Crippen LogP contribution in [0, 0.1) is 11.8 Å². The molecule has 0 spiro atoms. The molecule has 0 amide bonds. The van der Waals surface area contributed by atoms with Crippen molar-refractivity contribution in [2.45, 2.75) is 95.7 Å². The molecule has 1 aliphatic heterocycles. The molecule has 1 unspecified atom stereocenters. The van der Waals surface area contributed by atoms with Gasteiger partial charge < -0.3 is 19.0 Å². The summed E-state index contributed by atoms with van der Waals surface area (Å²) in [7, 11) is -2.90. The summed E-state index contributed by atoms with van der Waals surface area (Å²) in [5.74, 6) is -0.474. The molecule has 3 aromatic carbocycles. The fourth-order valence-electron chi connectivity index (χ4n) is 8.00. The van der Waals surface area contributed by atoms with Crippen molar-refractivity contribution in [2.75, 3.05) is 6.61 Å².